The van der Waals surface area contributed by atoms with E-state index < -0.39 is 5.82 Å². The SMILES string of the molecule is O=C1C(=Cc2ccc(-c3cccc(Cl)c3)o2)SC(=S)N1c1ccccc1F. The second kappa shape index (κ2) is 7.31. The fraction of sp³-hybridized carbons (Fsp3) is 0. The van der Waals surface area contributed by atoms with E-state index in [1.165, 1.54) is 17.0 Å². The van der Waals surface area contributed by atoms with E-state index in [1.54, 1.807) is 42.5 Å². The number of para-hydroxylation sites is 1. The van der Waals surface area contributed by atoms with Crippen LogP contribution in [0, 0.1) is 5.82 Å². The molecular formula is C20H11ClFNO2S2. The Morgan fingerprint density at radius 2 is 1.93 bits per heavy atom. The van der Waals surface area contributed by atoms with Crippen molar-refractivity contribution in [2.45, 2.75) is 0 Å². The quantitative estimate of drug-likeness (QED) is 0.379. The number of hydrogen-bond donors (Lipinski definition) is 0. The van der Waals surface area contributed by atoms with E-state index in [-0.39, 0.29) is 15.9 Å². The summed E-state index contributed by atoms with van der Waals surface area (Å²) in [5.41, 5.74) is 0.975. The molecule has 1 saturated heterocycles. The summed E-state index contributed by atoms with van der Waals surface area (Å²) < 4.78 is 20.1. The molecule has 0 aliphatic carbocycles. The number of carbonyl (C=O) groups excluding carboxylic acids is 1. The number of furan rings is 1. The monoisotopic (exact) mass is 415 g/mol. The Bertz CT molecular complexity index is 1090. The van der Waals surface area contributed by atoms with Gasteiger partial charge in [0.25, 0.3) is 5.91 Å². The summed E-state index contributed by atoms with van der Waals surface area (Å²) in [6.07, 6.45) is 1.61. The molecule has 0 unspecified atom stereocenters. The van der Waals surface area contributed by atoms with Crippen molar-refractivity contribution in [1.82, 2.24) is 0 Å². The van der Waals surface area contributed by atoms with E-state index in [2.05, 4.69) is 0 Å². The molecule has 1 aliphatic heterocycles. The molecule has 2 heterocycles. The molecule has 7 heteroatoms. The van der Waals surface area contributed by atoms with Crippen molar-refractivity contribution in [3.8, 4) is 11.3 Å². The van der Waals surface area contributed by atoms with Crippen LogP contribution < -0.4 is 4.90 Å². The molecule has 1 aromatic heterocycles. The number of rotatable bonds is 3. The third-order valence-corrected chi connectivity index (χ3v) is 5.43. The van der Waals surface area contributed by atoms with E-state index in [9.17, 15) is 9.18 Å². The van der Waals surface area contributed by atoms with Gasteiger partial charge in [0, 0.05) is 16.7 Å². The normalized spacial score (nSPS) is 15.8. The first-order valence-electron chi connectivity index (χ1n) is 7.91. The van der Waals surface area contributed by atoms with Crippen LogP contribution in [0.25, 0.3) is 17.4 Å². The molecule has 1 amide bonds. The first kappa shape index (κ1) is 18.0. The molecule has 0 atom stereocenters. The molecule has 3 nitrogen and oxygen atoms in total. The zero-order valence-corrected chi connectivity index (χ0v) is 16.1. The third-order valence-electron chi connectivity index (χ3n) is 3.90. The summed E-state index contributed by atoms with van der Waals surface area (Å²) >= 11 is 12.4. The van der Waals surface area contributed by atoms with Crippen molar-refractivity contribution in [2.24, 2.45) is 0 Å². The van der Waals surface area contributed by atoms with Crippen LogP contribution in [-0.4, -0.2) is 10.2 Å². The van der Waals surface area contributed by atoms with E-state index in [0.29, 0.717) is 21.4 Å². The van der Waals surface area contributed by atoms with Crippen LogP contribution in [0.15, 0.2) is 70.0 Å². The highest BCUT2D eigenvalue weighted by atomic mass is 35.5. The lowest BCUT2D eigenvalue weighted by molar-refractivity contribution is -0.113. The number of anilines is 1. The molecule has 134 valence electrons. The van der Waals surface area contributed by atoms with Gasteiger partial charge in [-0.05, 0) is 36.4 Å². The average molecular weight is 416 g/mol. The predicted octanol–water partition coefficient (Wildman–Crippen LogP) is 6.14. The number of benzene rings is 2. The first-order valence-corrected chi connectivity index (χ1v) is 9.51. The third kappa shape index (κ3) is 3.56. The zero-order valence-electron chi connectivity index (χ0n) is 13.7. The van der Waals surface area contributed by atoms with Crippen LogP contribution in [0.1, 0.15) is 5.76 Å². The fourth-order valence-electron chi connectivity index (χ4n) is 2.66. The molecule has 2 aromatic carbocycles. The molecule has 0 spiro atoms. The number of carbonyl (C=O) groups is 1. The molecule has 0 radical (unpaired) electrons. The van der Waals surface area contributed by atoms with Gasteiger partial charge in [0.15, 0.2) is 4.32 Å². The summed E-state index contributed by atoms with van der Waals surface area (Å²) in [6.45, 7) is 0. The molecule has 0 saturated carbocycles. The number of halogens is 2. The zero-order chi connectivity index (χ0) is 19.0. The maximum absolute atomic E-state index is 14.1. The van der Waals surface area contributed by atoms with Gasteiger partial charge in [-0.3, -0.25) is 9.69 Å². The van der Waals surface area contributed by atoms with Crippen molar-refractivity contribution >= 4 is 57.6 Å². The molecule has 27 heavy (non-hydrogen) atoms. The highest BCUT2D eigenvalue weighted by Crippen LogP contribution is 2.37. The Kier molecular flexibility index (Phi) is 4.86. The lowest BCUT2D eigenvalue weighted by atomic mass is 10.2. The van der Waals surface area contributed by atoms with Gasteiger partial charge in [0.1, 0.15) is 17.3 Å². The first-order chi connectivity index (χ1) is 13.0. The Hall–Kier alpha value is -2.41. The number of thioether (sulfide) groups is 1. The molecule has 4 rings (SSSR count). The van der Waals surface area contributed by atoms with E-state index in [1.807, 2.05) is 12.1 Å². The second-order valence-corrected chi connectivity index (χ2v) is 7.79. The minimum atomic E-state index is -0.503. The Balaban J connectivity index is 1.63. The molecular weight excluding hydrogens is 405 g/mol. The highest BCUT2D eigenvalue weighted by molar-refractivity contribution is 8.27. The fourth-order valence-corrected chi connectivity index (χ4v) is 4.12. The van der Waals surface area contributed by atoms with Gasteiger partial charge < -0.3 is 4.42 Å². The summed E-state index contributed by atoms with van der Waals surface area (Å²) in [7, 11) is 0. The lowest BCUT2D eigenvalue weighted by Gasteiger charge is -2.14. The number of thiocarbonyl (C=S) groups is 1. The number of amides is 1. The van der Waals surface area contributed by atoms with Gasteiger partial charge in [0.2, 0.25) is 0 Å². The summed E-state index contributed by atoms with van der Waals surface area (Å²) in [5.74, 6) is 0.249. The molecule has 3 aromatic rings. The Labute approximate surface area is 169 Å². The van der Waals surface area contributed by atoms with Gasteiger partial charge in [-0.2, -0.15) is 0 Å². The smallest absolute Gasteiger partial charge is 0.270 e. The van der Waals surface area contributed by atoms with Gasteiger partial charge in [0.05, 0.1) is 10.6 Å². The molecule has 0 N–H and O–H groups in total. The van der Waals surface area contributed by atoms with Crippen LogP contribution in [0.5, 0.6) is 0 Å². The maximum Gasteiger partial charge on any atom is 0.270 e. The van der Waals surface area contributed by atoms with E-state index in [4.69, 9.17) is 28.2 Å². The van der Waals surface area contributed by atoms with Crippen LogP contribution in [0.2, 0.25) is 5.02 Å². The highest BCUT2D eigenvalue weighted by Gasteiger charge is 2.34. The minimum Gasteiger partial charge on any atom is -0.457 e. The Morgan fingerprint density at radius 1 is 1.11 bits per heavy atom. The summed E-state index contributed by atoms with van der Waals surface area (Å²) in [4.78, 5) is 14.3. The molecule has 1 fully saturated rings. The van der Waals surface area contributed by atoms with Gasteiger partial charge >= 0.3 is 0 Å². The standard InChI is InChI=1S/C20H11ClFNO2S2/c21-13-5-3-4-12(10-13)17-9-8-14(25-17)11-18-19(24)23(20(26)27-18)16-7-2-1-6-15(16)22/h1-11H. The summed E-state index contributed by atoms with van der Waals surface area (Å²) in [6, 6.07) is 16.9. The topological polar surface area (TPSA) is 33.5 Å². The average Bonchev–Trinajstić information content (AvgIpc) is 3.21. The maximum atomic E-state index is 14.1. The molecule has 0 bridgehead atoms. The number of hydrogen-bond acceptors (Lipinski definition) is 4. The predicted molar refractivity (Wildman–Crippen MR) is 111 cm³/mol. The van der Waals surface area contributed by atoms with Crippen LogP contribution in [-0.2, 0) is 4.79 Å². The molecule has 1 aliphatic rings. The van der Waals surface area contributed by atoms with Crippen LogP contribution >= 0.6 is 35.6 Å². The van der Waals surface area contributed by atoms with Crippen LogP contribution in [0.3, 0.4) is 0 Å². The summed E-state index contributed by atoms with van der Waals surface area (Å²) in [5, 5.41) is 0.608. The van der Waals surface area contributed by atoms with Gasteiger partial charge in [-0.15, -0.1) is 0 Å². The van der Waals surface area contributed by atoms with Crippen molar-refractivity contribution in [3.05, 3.63) is 82.2 Å². The minimum absolute atomic E-state index is 0.141. The van der Waals surface area contributed by atoms with Crippen molar-refractivity contribution in [1.29, 1.82) is 0 Å². The largest absolute Gasteiger partial charge is 0.457 e. The second-order valence-electron chi connectivity index (χ2n) is 5.68. The Morgan fingerprint density at radius 3 is 2.70 bits per heavy atom. The van der Waals surface area contributed by atoms with Crippen molar-refractivity contribution in [2.75, 3.05) is 4.90 Å². The van der Waals surface area contributed by atoms with Crippen LogP contribution in [0.4, 0.5) is 10.1 Å². The number of nitrogens with zero attached hydrogens (tertiary/aromatic N) is 1. The van der Waals surface area contributed by atoms with Gasteiger partial charge in [-0.25, -0.2) is 4.39 Å². The van der Waals surface area contributed by atoms with Crippen molar-refractivity contribution < 1.29 is 13.6 Å². The van der Waals surface area contributed by atoms with E-state index in [0.717, 1.165) is 17.3 Å². The lowest BCUT2D eigenvalue weighted by Crippen LogP contribution is -2.28. The van der Waals surface area contributed by atoms with E-state index >= 15 is 0 Å². The van der Waals surface area contributed by atoms with Gasteiger partial charge in [-0.1, -0.05) is 59.8 Å². The van der Waals surface area contributed by atoms with Crippen molar-refractivity contribution in [3.63, 3.8) is 0 Å².